The number of nitrogens with zero attached hydrogens (tertiary/aromatic N) is 2. The molecular formula is C24H20Cl2N3O3S+. The lowest BCUT2D eigenvalue weighted by atomic mass is 10.1. The number of halogens is 2. The number of rotatable bonds is 8. The van der Waals surface area contributed by atoms with Crippen molar-refractivity contribution < 1.29 is 19.3 Å². The maximum Gasteiger partial charge on any atom is 0.387 e. The van der Waals surface area contributed by atoms with E-state index in [0.717, 1.165) is 27.3 Å². The predicted molar refractivity (Wildman–Crippen MR) is 129 cm³/mol. The highest BCUT2D eigenvalue weighted by Crippen LogP contribution is 2.30. The molecule has 0 aliphatic carbocycles. The number of H-pyrrole nitrogens is 1. The number of aromatic nitrogens is 3. The largest absolute Gasteiger partial charge is 0.497 e. The highest BCUT2D eigenvalue weighted by atomic mass is 35.5. The van der Waals surface area contributed by atoms with Crippen LogP contribution in [0.15, 0.2) is 71.6 Å². The molecule has 0 amide bonds. The molecular weight excluding hydrogens is 481 g/mol. The molecule has 4 rings (SSSR count). The molecule has 0 atom stereocenters. The van der Waals surface area contributed by atoms with Gasteiger partial charge < -0.3 is 9.84 Å². The molecule has 2 N–H and O–H groups in total. The highest BCUT2D eigenvalue weighted by Gasteiger charge is 2.27. The molecule has 0 aliphatic rings. The second-order valence-electron chi connectivity index (χ2n) is 7.22. The van der Waals surface area contributed by atoms with Crippen LogP contribution in [0.4, 0.5) is 0 Å². The van der Waals surface area contributed by atoms with Gasteiger partial charge >= 0.3 is 11.7 Å². The quantitative estimate of drug-likeness (QED) is 0.239. The van der Waals surface area contributed by atoms with Crippen LogP contribution < -0.4 is 9.42 Å². The van der Waals surface area contributed by atoms with Gasteiger partial charge in [-0.15, -0.1) is 11.8 Å². The first kappa shape index (κ1) is 23.2. The maximum absolute atomic E-state index is 11.7. The molecule has 0 spiro atoms. The van der Waals surface area contributed by atoms with Crippen LogP contribution in [0.1, 0.15) is 21.7 Å². The molecule has 33 heavy (non-hydrogen) atoms. The Hall–Kier alpha value is -3.00. The van der Waals surface area contributed by atoms with Crippen molar-refractivity contribution in [2.75, 3.05) is 7.11 Å². The third-order valence-corrected chi connectivity index (χ3v) is 6.47. The van der Waals surface area contributed by atoms with Gasteiger partial charge in [-0.1, -0.05) is 52.7 Å². The monoisotopic (exact) mass is 500 g/mol. The summed E-state index contributed by atoms with van der Waals surface area (Å²) < 4.78 is 6.94. The number of aromatic carboxylic acids is 1. The number of thioether (sulfide) groups is 1. The molecule has 0 saturated carbocycles. The van der Waals surface area contributed by atoms with Gasteiger partial charge in [0, 0.05) is 14.9 Å². The van der Waals surface area contributed by atoms with E-state index in [-0.39, 0.29) is 5.69 Å². The minimum absolute atomic E-state index is 0.0150. The Bertz CT molecular complexity index is 1260. The van der Waals surface area contributed by atoms with Gasteiger partial charge in [-0.3, -0.25) is 0 Å². The fourth-order valence-electron chi connectivity index (χ4n) is 3.34. The number of nitrogens with one attached hydrogen (secondary N) is 1. The molecule has 3 aromatic carbocycles. The smallest absolute Gasteiger partial charge is 0.387 e. The van der Waals surface area contributed by atoms with Crippen LogP contribution in [0.2, 0.25) is 10.0 Å². The van der Waals surface area contributed by atoms with Crippen molar-refractivity contribution in [2.45, 2.75) is 17.2 Å². The van der Waals surface area contributed by atoms with Crippen LogP contribution in [-0.4, -0.2) is 28.5 Å². The van der Waals surface area contributed by atoms with Crippen LogP contribution in [0.3, 0.4) is 0 Å². The fraction of sp³-hybridized carbons (Fsp3) is 0.125. The lowest BCUT2D eigenvalue weighted by Gasteiger charge is -2.06. The summed E-state index contributed by atoms with van der Waals surface area (Å²) >= 11 is 13.8. The van der Waals surface area contributed by atoms with E-state index in [4.69, 9.17) is 27.9 Å². The summed E-state index contributed by atoms with van der Waals surface area (Å²) in [6, 6.07) is 21.0. The minimum atomic E-state index is -1.07. The van der Waals surface area contributed by atoms with Crippen molar-refractivity contribution in [3.63, 3.8) is 0 Å². The fourth-order valence-corrected chi connectivity index (χ4v) is 4.79. The lowest BCUT2D eigenvalue weighted by Crippen LogP contribution is -2.40. The van der Waals surface area contributed by atoms with Crippen molar-refractivity contribution >= 4 is 40.9 Å². The van der Waals surface area contributed by atoms with Crippen LogP contribution in [0.25, 0.3) is 11.1 Å². The number of methoxy groups -OCH3 is 1. The summed E-state index contributed by atoms with van der Waals surface area (Å²) in [5.74, 6) is 0.138. The van der Waals surface area contributed by atoms with E-state index in [1.54, 1.807) is 17.9 Å². The molecule has 0 unspecified atom stereocenters. The van der Waals surface area contributed by atoms with Crippen molar-refractivity contribution in [1.29, 1.82) is 0 Å². The van der Waals surface area contributed by atoms with E-state index in [0.29, 0.717) is 28.0 Å². The van der Waals surface area contributed by atoms with Gasteiger partial charge in [-0.05, 0) is 59.2 Å². The van der Waals surface area contributed by atoms with Crippen molar-refractivity contribution in [3.8, 4) is 16.9 Å². The molecule has 0 fully saturated rings. The normalized spacial score (nSPS) is 10.9. The van der Waals surface area contributed by atoms with Crippen molar-refractivity contribution in [2.24, 2.45) is 0 Å². The molecule has 6 nitrogen and oxygen atoms in total. The third-order valence-electron chi connectivity index (χ3n) is 5.01. The lowest BCUT2D eigenvalue weighted by molar-refractivity contribution is -0.751. The van der Waals surface area contributed by atoms with Crippen LogP contribution in [0.5, 0.6) is 5.75 Å². The van der Waals surface area contributed by atoms with E-state index in [9.17, 15) is 9.90 Å². The average Bonchev–Trinajstić information content (AvgIpc) is 3.20. The predicted octanol–water partition coefficient (Wildman–Crippen LogP) is 5.72. The Balaban J connectivity index is 1.51. The molecule has 0 bridgehead atoms. The van der Waals surface area contributed by atoms with Gasteiger partial charge in [0.1, 0.15) is 12.3 Å². The Morgan fingerprint density at radius 2 is 1.70 bits per heavy atom. The van der Waals surface area contributed by atoms with Gasteiger partial charge in [-0.2, -0.15) is 4.68 Å². The van der Waals surface area contributed by atoms with Crippen LogP contribution in [-0.2, 0) is 12.3 Å². The third kappa shape index (κ3) is 5.68. The van der Waals surface area contributed by atoms with Gasteiger partial charge in [-0.25, -0.2) is 4.79 Å². The molecule has 0 aliphatic heterocycles. The molecule has 1 aromatic heterocycles. The number of carboxylic acid groups (broad SMARTS) is 1. The van der Waals surface area contributed by atoms with Gasteiger partial charge in [0.05, 0.1) is 18.0 Å². The minimum Gasteiger partial charge on any atom is -0.497 e. The van der Waals surface area contributed by atoms with Gasteiger partial charge in [0.2, 0.25) is 0 Å². The van der Waals surface area contributed by atoms with E-state index < -0.39 is 5.97 Å². The molecule has 0 radical (unpaired) electrons. The zero-order chi connectivity index (χ0) is 23.4. The van der Waals surface area contributed by atoms with Crippen molar-refractivity contribution in [1.82, 2.24) is 10.3 Å². The standard InChI is InChI=1S/C24H19Cl2N3O3S/c1-32-20-6-2-15(3-7-20)13-29-22(23(24(30)31)27-28-29)14-33-21-8-4-16(5-9-21)17-10-18(25)12-19(26)11-17/h2-12H,13-14H2,1H3,(H,30,31)/p+1. The summed E-state index contributed by atoms with van der Waals surface area (Å²) in [6.07, 6.45) is 0. The number of benzene rings is 3. The number of carbonyl (C=O) groups is 1. The Labute approximate surface area is 205 Å². The second-order valence-corrected chi connectivity index (χ2v) is 9.14. The number of aromatic amines is 1. The number of hydrogen-bond donors (Lipinski definition) is 2. The van der Waals surface area contributed by atoms with Crippen LogP contribution in [0, 0.1) is 0 Å². The van der Waals surface area contributed by atoms with Crippen molar-refractivity contribution in [3.05, 3.63) is 93.7 Å². The van der Waals surface area contributed by atoms with E-state index >= 15 is 0 Å². The van der Waals surface area contributed by atoms with E-state index in [2.05, 4.69) is 10.3 Å². The summed E-state index contributed by atoms with van der Waals surface area (Å²) in [6.45, 7) is 0.467. The number of hydrogen-bond acceptors (Lipinski definition) is 4. The van der Waals surface area contributed by atoms with Crippen LogP contribution >= 0.6 is 35.0 Å². The van der Waals surface area contributed by atoms with Gasteiger partial charge in [0.15, 0.2) is 5.69 Å². The zero-order valence-electron chi connectivity index (χ0n) is 17.6. The molecule has 1 heterocycles. The van der Waals surface area contributed by atoms with E-state index in [1.807, 2.05) is 60.7 Å². The maximum atomic E-state index is 11.7. The Morgan fingerprint density at radius 3 is 2.30 bits per heavy atom. The SMILES string of the molecule is COc1ccc(C[n+]2[nH]nc(C(=O)O)c2CSc2ccc(-c3cc(Cl)cc(Cl)c3)cc2)cc1. The van der Waals surface area contributed by atoms with E-state index in [1.165, 1.54) is 11.8 Å². The first-order valence-electron chi connectivity index (χ1n) is 9.95. The number of ether oxygens (including phenoxy) is 1. The first-order chi connectivity index (χ1) is 15.9. The molecule has 0 saturated heterocycles. The summed E-state index contributed by atoms with van der Waals surface area (Å²) in [7, 11) is 1.61. The Morgan fingerprint density at radius 1 is 1.03 bits per heavy atom. The average molecular weight is 501 g/mol. The highest BCUT2D eigenvalue weighted by molar-refractivity contribution is 7.98. The summed E-state index contributed by atoms with van der Waals surface area (Å²) in [5.41, 5.74) is 3.55. The summed E-state index contributed by atoms with van der Waals surface area (Å²) in [5, 5.41) is 17.6. The topological polar surface area (TPSA) is 79.1 Å². The van der Waals surface area contributed by atoms with Gasteiger partial charge in [0.25, 0.3) is 0 Å². The Kier molecular flexibility index (Phi) is 7.23. The summed E-state index contributed by atoms with van der Waals surface area (Å²) in [4.78, 5) is 12.7. The zero-order valence-corrected chi connectivity index (χ0v) is 19.9. The number of carboxylic acids is 1. The molecule has 4 aromatic rings. The molecule has 9 heteroatoms. The second kappa shape index (κ2) is 10.3. The molecule has 168 valence electrons. The first-order valence-corrected chi connectivity index (χ1v) is 11.7.